The first-order chi connectivity index (χ1) is 5.88. The van der Waals surface area contributed by atoms with Gasteiger partial charge in [-0.15, -0.1) is 0 Å². The van der Waals surface area contributed by atoms with E-state index in [1.165, 1.54) is 0 Å². The third-order valence-electron chi connectivity index (χ3n) is 1.93. The summed E-state index contributed by atoms with van der Waals surface area (Å²) in [6.45, 7) is 2.59. The first-order valence-electron chi connectivity index (χ1n) is 3.99. The van der Waals surface area contributed by atoms with Gasteiger partial charge < -0.3 is 0 Å². The van der Waals surface area contributed by atoms with Gasteiger partial charge in [0.15, 0.2) is 0 Å². The Bertz CT molecular complexity index is 336. The highest BCUT2D eigenvalue weighted by molar-refractivity contribution is 6.48. The molecule has 2 heteroatoms. The van der Waals surface area contributed by atoms with Gasteiger partial charge in [0.05, 0.1) is 11.4 Å². The summed E-state index contributed by atoms with van der Waals surface area (Å²) < 4.78 is 0. The lowest BCUT2D eigenvalue weighted by atomic mass is 10.1. The second kappa shape index (κ2) is 2.89. The van der Waals surface area contributed by atoms with Gasteiger partial charge >= 0.3 is 0 Å². The fourth-order valence-corrected chi connectivity index (χ4v) is 1.30. The molecule has 0 aromatic heterocycles. The van der Waals surface area contributed by atoms with Gasteiger partial charge in [-0.1, -0.05) is 30.3 Å². The molecule has 1 aliphatic rings. The Hall–Kier alpha value is -1.44. The Morgan fingerprint density at radius 2 is 1.83 bits per heavy atom. The quantitative estimate of drug-likeness (QED) is 0.596. The van der Waals surface area contributed by atoms with E-state index in [1.807, 2.05) is 25.1 Å². The summed E-state index contributed by atoms with van der Waals surface area (Å²) in [6, 6.07) is 10.2. The van der Waals surface area contributed by atoms with Crippen LogP contribution in [0.15, 0.2) is 40.3 Å². The maximum Gasteiger partial charge on any atom is 0.130 e. The number of aliphatic imine (C=N–C) groups is 2. The molecule has 0 aliphatic carbocycles. The van der Waals surface area contributed by atoms with E-state index >= 15 is 0 Å². The Labute approximate surface area is 71.7 Å². The molecule has 0 bridgehead atoms. The summed E-state index contributed by atoms with van der Waals surface area (Å²) in [7, 11) is 0. The molecule has 1 heterocycles. The lowest BCUT2D eigenvalue weighted by Gasteiger charge is -1.98. The minimum atomic E-state index is 0.593. The molecule has 0 fully saturated rings. The monoisotopic (exact) mass is 158 g/mol. The van der Waals surface area contributed by atoms with Crippen molar-refractivity contribution in [2.45, 2.75) is 6.92 Å². The molecule has 0 atom stereocenters. The molecule has 0 radical (unpaired) electrons. The Kier molecular flexibility index (Phi) is 1.74. The van der Waals surface area contributed by atoms with Crippen LogP contribution in [0.4, 0.5) is 0 Å². The van der Waals surface area contributed by atoms with Gasteiger partial charge in [0, 0.05) is 5.56 Å². The number of hydrogen-bond donors (Lipinski definition) is 0. The van der Waals surface area contributed by atoms with Crippen LogP contribution in [0.1, 0.15) is 12.5 Å². The minimum absolute atomic E-state index is 0.593. The van der Waals surface area contributed by atoms with Crippen molar-refractivity contribution >= 4 is 11.4 Å². The third-order valence-corrected chi connectivity index (χ3v) is 1.93. The molecular weight excluding hydrogens is 148 g/mol. The summed E-state index contributed by atoms with van der Waals surface area (Å²) in [6.07, 6.45) is 0. The van der Waals surface area contributed by atoms with Crippen LogP contribution in [0.3, 0.4) is 0 Å². The molecule has 1 aliphatic heterocycles. The number of rotatable bonds is 1. The average Bonchev–Trinajstić information content (AvgIpc) is 2.53. The first kappa shape index (κ1) is 7.22. The average molecular weight is 158 g/mol. The standard InChI is InChI=1S/C10H10N2/c1-8-10(12-7-11-8)9-5-3-2-4-6-9/h2-6H,7H2,1H3. The topological polar surface area (TPSA) is 24.7 Å². The Morgan fingerprint density at radius 1 is 1.08 bits per heavy atom. The molecule has 0 saturated heterocycles. The van der Waals surface area contributed by atoms with Gasteiger partial charge in [0.2, 0.25) is 0 Å². The first-order valence-corrected chi connectivity index (χ1v) is 3.99. The van der Waals surface area contributed by atoms with Crippen LogP contribution in [0.2, 0.25) is 0 Å². The summed E-state index contributed by atoms with van der Waals surface area (Å²) in [5.74, 6) is 0. The van der Waals surface area contributed by atoms with Gasteiger partial charge in [-0.25, -0.2) is 0 Å². The maximum absolute atomic E-state index is 4.30. The van der Waals surface area contributed by atoms with E-state index in [1.54, 1.807) is 0 Å². The van der Waals surface area contributed by atoms with Crippen molar-refractivity contribution in [2.24, 2.45) is 9.98 Å². The van der Waals surface area contributed by atoms with E-state index in [4.69, 9.17) is 0 Å². The highest BCUT2D eigenvalue weighted by atomic mass is 15.0. The van der Waals surface area contributed by atoms with Crippen molar-refractivity contribution < 1.29 is 0 Å². The lowest BCUT2D eigenvalue weighted by Crippen LogP contribution is -2.07. The van der Waals surface area contributed by atoms with Crippen LogP contribution in [0.5, 0.6) is 0 Å². The Morgan fingerprint density at radius 3 is 2.42 bits per heavy atom. The fraction of sp³-hybridized carbons (Fsp3) is 0.200. The zero-order valence-electron chi connectivity index (χ0n) is 6.99. The summed E-state index contributed by atoms with van der Waals surface area (Å²) in [5, 5.41) is 0. The lowest BCUT2D eigenvalue weighted by molar-refractivity contribution is 1.10. The van der Waals surface area contributed by atoms with E-state index in [2.05, 4.69) is 22.1 Å². The van der Waals surface area contributed by atoms with Crippen molar-refractivity contribution in [3.63, 3.8) is 0 Å². The maximum atomic E-state index is 4.30. The minimum Gasteiger partial charge on any atom is -0.264 e. The van der Waals surface area contributed by atoms with E-state index in [0.717, 1.165) is 17.0 Å². The predicted molar refractivity (Wildman–Crippen MR) is 51.0 cm³/mol. The van der Waals surface area contributed by atoms with Gasteiger partial charge in [0.1, 0.15) is 6.67 Å². The molecule has 2 nitrogen and oxygen atoms in total. The van der Waals surface area contributed by atoms with E-state index < -0.39 is 0 Å². The second-order valence-corrected chi connectivity index (χ2v) is 2.76. The molecule has 1 aromatic carbocycles. The highest BCUT2D eigenvalue weighted by Gasteiger charge is 2.09. The number of nitrogens with zero attached hydrogens (tertiary/aromatic N) is 2. The van der Waals surface area contributed by atoms with Crippen molar-refractivity contribution in [2.75, 3.05) is 6.67 Å². The van der Waals surface area contributed by atoms with Crippen LogP contribution in [0.25, 0.3) is 0 Å². The molecular formula is C10H10N2. The molecule has 0 N–H and O–H groups in total. The van der Waals surface area contributed by atoms with Crippen LogP contribution < -0.4 is 0 Å². The van der Waals surface area contributed by atoms with Crippen LogP contribution >= 0.6 is 0 Å². The van der Waals surface area contributed by atoms with Crippen molar-refractivity contribution in [3.05, 3.63) is 35.9 Å². The number of benzene rings is 1. The smallest absolute Gasteiger partial charge is 0.130 e. The normalized spacial score (nSPS) is 15.8. The molecule has 1 aromatic rings. The van der Waals surface area contributed by atoms with Gasteiger partial charge in [-0.05, 0) is 6.92 Å². The van der Waals surface area contributed by atoms with Crippen molar-refractivity contribution in [3.8, 4) is 0 Å². The summed E-state index contributed by atoms with van der Waals surface area (Å²) >= 11 is 0. The zero-order chi connectivity index (χ0) is 8.39. The second-order valence-electron chi connectivity index (χ2n) is 2.76. The predicted octanol–water partition coefficient (Wildman–Crippen LogP) is 1.91. The van der Waals surface area contributed by atoms with Gasteiger partial charge in [0.25, 0.3) is 0 Å². The van der Waals surface area contributed by atoms with E-state index in [9.17, 15) is 0 Å². The zero-order valence-corrected chi connectivity index (χ0v) is 6.99. The molecule has 0 amide bonds. The van der Waals surface area contributed by atoms with Crippen molar-refractivity contribution in [1.82, 2.24) is 0 Å². The highest BCUT2D eigenvalue weighted by Crippen LogP contribution is 2.07. The molecule has 0 saturated carbocycles. The van der Waals surface area contributed by atoms with E-state index in [-0.39, 0.29) is 0 Å². The van der Waals surface area contributed by atoms with E-state index in [0.29, 0.717) is 6.67 Å². The fourth-order valence-electron chi connectivity index (χ4n) is 1.30. The molecule has 2 rings (SSSR count). The SMILES string of the molecule is CC1=NCN=C1c1ccccc1. The van der Waals surface area contributed by atoms with Crippen LogP contribution in [-0.2, 0) is 0 Å². The largest absolute Gasteiger partial charge is 0.264 e. The van der Waals surface area contributed by atoms with Crippen LogP contribution in [0, 0.1) is 0 Å². The number of hydrogen-bond acceptors (Lipinski definition) is 2. The molecule has 0 unspecified atom stereocenters. The molecule has 12 heavy (non-hydrogen) atoms. The molecule has 0 spiro atoms. The van der Waals surface area contributed by atoms with Crippen molar-refractivity contribution in [1.29, 1.82) is 0 Å². The summed E-state index contributed by atoms with van der Waals surface area (Å²) in [4.78, 5) is 8.51. The van der Waals surface area contributed by atoms with Gasteiger partial charge in [-0.2, -0.15) is 0 Å². The summed E-state index contributed by atoms with van der Waals surface area (Å²) in [5.41, 5.74) is 3.24. The van der Waals surface area contributed by atoms with Crippen LogP contribution in [-0.4, -0.2) is 18.1 Å². The Balaban J connectivity index is 2.39. The third kappa shape index (κ3) is 1.16. The van der Waals surface area contributed by atoms with Gasteiger partial charge in [-0.3, -0.25) is 9.98 Å². The molecule has 60 valence electrons.